The van der Waals surface area contributed by atoms with Crippen molar-refractivity contribution in [1.82, 2.24) is 0 Å². The van der Waals surface area contributed by atoms with Crippen LogP contribution in [0, 0.1) is 0 Å². The lowest BCUT2D eigenvalue weighted by Crippen LogP contribution is -1.76. The number of hydrogen-bond acceptors (Lipinski definition) is 1. The fraction of sp³-hybridized carbons (Fsp3) is 0.200. The third-order valence-corrected chi connectivity index (χ3v) is 2.52. The van der Waals surface area contributed by atoms with Crippen LogP contribution >= 0.6 is 34.5 Å². The SMILES string of the molecule is [B]Cc1cc(Cl)sc1Cl. The van der Waals surface area contributed by atoms with E-state index in [1.165, 1.54) is 11.3 Å². The highest BCUT2D eigenvalue weighted by Crippen LogP contribution is 2.30. The Bertz CT molecular complexity index is 209. The zero-order valence-corrected chi connectivity index (χ0v) is 6.85. The molecule has 0 saturated heterocycles. The van der Waals surface area contributed by atoms with Crippen molar-refractivity contribution in [3.63, 3.8) is 0 Å². The van der Waals surface area contributed by atoms with Gasteiger partial charge in [0.1, 0.15) is 0 Å². The molecule has 0 aliphatic carbocycles. The summed E-state index contributed by atoms with van der Waals surface area (Å²) in [5.41, 5.74) is 0.923. The first-order valence-electron chi connectivity index (χ1n) is 2.38. The molecule has 1 rings (SSSR count). The Morgan fingerprint density at radius 3 is 2.44 bits per heavy atom. The van der Waals surface area contributed by atoms with E-state index in [1.54, 1.807) is 6.07 Å². The third-order valence-electron chi connectivity index (χ3n) is 0.947. The number of thiophene rings is 1. The molecule has 0 nitrogen and oxygen atoms in total. The molecule has 0 amide bonds. The molecule has 2 radical (unpaired) electrons. The van der Waals surface area contributed by atoms with Crippen molar-refractivity contribution in [2.45, 2.75) is 6.32 Å². The molecular formula is C5H3BCl2S. The first-order valence-corrected chi connectivity index (χ1v) is 3.95. The second-order valence-electron chi connectivity index (χ2n) is 1.55. The summed E-state index contributed by atoms with van der Waals surface area (Å²) < 4.78 is 1.39. The van der Waals surface area contributed by atoms with Gasteiger partial charge in [0.2, 0.25) is 0 Å². The van der Waals surface area contributed by atoms with E-state index in [4.69, 9.17) is 31.0 Å². The van der Waals surface area contributed by atoms with E-state index in [2.05, 4.69) is 0 Å². The van der Waals surface area contributed by atoms with Crippen molar-refractivity contribution in [1.29, 1.82) is 0 Å². The quantitative estimate of drug-likeness (QED) is 0.578. The van der Waals surface area contributed by atoms with Crippen LogP contribution in [0.1, 0.15) is 5.56 Å². The highest BCUT2D eigenvalue weighted by molar-refractivity contribution is 7.20. The maximum absolute atomic E-state index is 5.70. The summed E-state index contributed by atoms with van der Waals surface area (Å²) in [4.78, 5) is 0. The molecule has 1 aromatic heterocycles. The van der Waals surface area contributed by atoms with Gasteiger partial charge in [-0.25, -0.2) is 0 Å². The van der Waals surface area contributed by atoms with E-state index in [-0.39, 0.29) is 0 Å². The predicted molar refractivity (Wildman–Crippen MR) is 43.8 cm³/mol. The van der Waals surface area contributed by atoms with Gasteiger partial charge in [0, 0.05) is 0 Å². The van der Waals surface area contributed by atoms with Gasteiger partial charge < -0.3 is 0 Å². The standard InChI is InChI=1S/C5H3BCl2S/c6-2-3-1-4(7)9-5(3)8/h1H,2H2. The largest absolute Gasteiger partial charge is 0.111 e. The van der Waals surface area contributed by atoms with Crippen molar-refractivity contribution in [2.24, 2.45) is 0 Å². The van der Waals surface area contributed by atoms with Gasteiger partial charge in [0.25, 0.3) is 0 Å². The molecule has 0 spiro atoms. The number of halogens is 2. The average molecular weight is 177 g/mol. The second kappa shape index (κ2) is 2.95. The summed E-state index contributed by atoms with van der Waals surface area (Å²) >= 11 is 12.7. The van der Waals surface area contributed by atoms with E-state index in [9.17, 15) is 0 Å². The molecular weight excluding hydrogens is 174 g/mol. The van der Waals surface area contributed by atoms with Crippen LogP contribution in [0.3, 0.4) is 0 Å². The van der Waals surface area contributed by atoms with Gasteiger partial charge in [0.05, 0.1) is 16.5 Å². The van der Waals surface area contributed by atoms with Crippen LogP contribution in [0.5, 0.6) is 0 Å². The zero-order valence-electron chi connectivity index (χ0n) is 4.53. The Morgan fingerprint density at radius 1 is 1.56 bits per heavy atom. The normalized spacial score (nSPS) is 10.0. The molecule has 0 unspecified atom stereocenters. The summed E-state index contributed by atoms with van der Waals surface area (Å²) in [7, 11) is 5.33. The van der Waals surface area contributed by atoms with Gasteiger partial charge in [-0.3, -0.25) is 0 Å². The van der Waals surface area contributed by atoms with Gasteiger partial charge in [-0.05, 0) is 11.6 Å². The topological polar surface area (TPSA) is 0 Å². The minimum atomic E-state index is 0.460. The highest BCUT2D eigenvalue weighted by atomic mass is 35.5. The summed E-state index contributed by atoms with van der Waals surface area (Å²) in [6, 6.07) is 1.79. The maximum Gasteiger partial charge on any atom is 0.0968 e. The molecule has 0 fully saturated rings. The minimum Gasteiger partial charge on any atom is -0.111 e. The van der Waals surface area contributed by atoms with Crippen LogP contribution in [-0.2, 0) is 6.32 Å². The van der Waals surface area contributed by atoms with Gasteiger partial charge >= 0.3 is 0 Å². The maximum atomic E-state index is 5.70. The highest BCUT2D eigenvalue weighted by Gasteiger charge is 2.01. The van der Waals surface area contributed by atoms with Crippen LogP contribution in [0.4, 0.5) is 0 Å². The molecule has 1 heterocycles. The molecule has 9 heavy (non-hydrogen) atoms. The van der Waals surface area contributed by atoms with Crippen molar-refractivity contribution in [3.8, 4) is 0 Å². The molecule has 1 aromatic rings. The van der Waals surface area contributed by atoms with E-state index in [0.717, 1.165) is 5.56 Å². The molecule has 0 aliphatic heterocycles. The van der Waals surface area contributed by atoms with Crippen LogP contribution < -0.4 is 0 Å². The van der Waals surface area contributed by atoms with Crippen LogP contribution in [0.2, 0.25) is 8.67 Å². The lowest BCUT2D eigenvalue weighted by molar-refractivity contribution is 1.46. The Hall–Kier alpha value is 0.345. The first kappa shape index (κ1) is 7.45. The molecule has 0 bridgehead atoms. The van der Waals surface area contributed by atoms with Crippen molar-refractivity contribution in [2.75, 3.05) is 0 Å². The van der Waals surface area contributed by atoms with Crippen molar-refractivity contribution >= 4 is 42.4 Å². The van der Waals surface area contributed by atoms with Crippen molar-refractivity contribution in [3.05, 3.63) is 20.3 Å². The second-order valence-corrected chi connectivity index (χ2v) is 3.84. The Morgan fingerprint density at radius 2 is 2.22 bits per heavy atom. The Kier molecular flexibility index (Phi) is 2.45. The summed E-state index contributed by atoms with van der Waals surface area (Å²) in [5.74, 6) is 0. The first-order chi connectivity index (χ1) is 4.24. The lowest BCUT2D eigenvalue weighted by atomic mass is 10.00. The Balaban J connectivity index is 3.01. The monoisotopic (exact) mass is 176 g/mol. The zero-order chi connectivity index (χ0) is 6.85. The minimum absolute atomic E-state index is 0.460. The molecule has 0 aromatic carbocycles. The lowest BCUT2D eigenvalue weighted by Gasteiger charge is -1.85. The van der Waals surface area contributed by atoms with Crippen LogP contribution in [0.15, 0.2) is 6.07 Å². The molecule has 46 valence electrons. The summed E-state index contributed by atoms with van der Waals surface area (Å²) in [6.45, 7) is 0. The molecule has 4 heteroatoms. The third kappa shape index (κ3) is 1.63. The number of hydrogen-bond donors (Lipinski definition) is 0. The fourth-order valence-electron chi connectivity index (χ4n) is 0.514. The molecule has 0 N–H and O–H groups in total. The van der Waals surface area contributed by atoms with E-state index >= 15 is 0 Å². The van der Waals surface area contributed by atoms with Gasteiger partial charge in [-0.15, -0.1) is 11.3 Å². The number of rotatable bonds is 1. The van der Waals surface area contributed by atoms with E-state index < -0.39 is 0 Å². The predicted octanol–water partition coefficient (Wildman–Crippen LogP) is 2.72. The van der Waals surface area contributed by atoms with E-state index in [1.807, 2.05) is 0 Å². The smallest absolute Gasteiger partial charge is 0.0968 e. The Labute approximate surface area is 69.2 Å². The molecule has 0 atom stereocenters. The van der Waals surface area contributed by atoms with Crippen LogP contribution in [-0.4, -0.2) is 7.85 Å². The van der Waals surface area contributed by atoms with Gasteiger partial charge in [-0.1, -0.05) is 29.5 Å². The van der Waals surface area contributed by atoms with E-state index in [0.29, 0.717) is 15.0 Å². The van der Waals surface area contributed by atoms with Gasteiger partial charge in [-0.2, -0.15) is 0 Å². The average Bonchev–Trinajstić information content (AvgIpc) is 2.10. The van der Waals surface area contributed by atoms with Crippen molar-refractivity contribution < 1.29 is 0 Å². The molecule has 0 aliphatic rings. The van der Waals surface area contributed by atoms with Crippen LogP contribution in [0.25, 0.3) is 0 Å². The molecule has 0 saturated carbocycles. The fourth-order valence-corrected chi connectivity index (χ4v) is 2.02. The summed E-state index contributed by atoms with van der Waals surface area (Å²) in [6.07, 6.45) is 0.460. The van der Waals surface area contributed by atoms with Gasteiger partial charge in [0.15, 0.2) is 0 Å². The summed E-state index contributed by atoms with van der Waals surface area (Å²) in [5, 5.41) is 0.